The van der Waals surface area contributed by atoms with Crippen LogP contribution < -0.4 is 5.48 Å². The summed E-state index contributed by atoms with van der Waals surface area (Å²) in [6, 6.07) is 0. The summed E-state index contributed by atoms with van der Waals surface area (Å²) in [6.07, 6.45) is 3.36. The summed E-state index contributed by atoms with van der Waals surface area (Å²) in [4.78, 5) is 16.0. The van der Waals surface area contributed by atoms with Crippen LogP contribution in [0.1, 0.15) is 40.5 Å². The van der Waals surface area contributed by atoms with Gasteiger partial charge in [0.2, 0.25) is 5.91 Å². The first-order chi connectivity index (χ1) is 5.45. The summed E-state index contributed by atoms with van der Waals surface area (Å²) in [6.45, 7) is 7.67. The van der Waals surface area contributed by atoms with E-state index in [-0.39, 0.29) is 11.5 Å². The van der Waals surface area contributed by atoms with E-state index in [4.69, 9.17) is 4.84 Å². The lowest BCUT2D eigenvalue weighted by Gasteiger charge is -2.18. The van der Waals surface area contributed by atoms with Crippen LogP contribution >= 0.6 is 0 Å². The van der Waals surface area contributed by atoms with Crippen molar-refractivity contribution in [3.05, 3.63) is 6.42 Å². The van der Waals surface area contributed by atoms with Crippen LogP contribution in [0, 0.1) is 6.42 Å². The SMILES string of the molecule is CCC[CH]C(=O)NOC(C)(C)C. The van der Waals surface area contributed by atoms with Gasteiger partial charge in [-0.25, -0.2) is 5.48 Å². The highest BCUT2D eigenvalue weighted by atomic mass is 16.7. The highest BCUT2D eigenvalue weighted by Gasteiger charge is 2.12. The topological polar surface area (TPSA) is 38.3 Å². The van der Waals surface area contributed by atoms with Crippen LogP contribution in [0.3, 0.4) is 0 Å². The van der Waals surface area contributed by atoms with Gasteiger partial charge in [0.25, 0.3) is 0 Å². The monoisotopic (exact) mass is 172 g/mol. The minimum absolute atomic E-state index is 0.160. The molecule has 0 unspecified atom stereocenters. The van der Waals surface area contributed by atoms with Gasteiger partial charge >= 0.3 is 0 Å². The first kappa shape index (κ1) is 11.4. The summed E-state index contributed by atoms with van der Waals surface area (Å²) in [5.41, 5.74) is 2.04. The maximum absolute atomic E-state index is 11.0. The predicted octanol–water partition coefficient (Wildman–Crippen LogP) is 1.84. The largest absolute Gasteiger partial charge is 0.272 e. The van der Waals surface area contributed by atoms with Gasteiger partial charge in [-0.1, -0.05) is 13.3 Å². The van der Waals surface area contributed by atoms with E-state index in [2.05, 4.69) is 5.48 Å². The quantitative estimate of drug-likeness (QED) is 0.657. The lowest BCUT2D eigenvalue weighted by molar-refractivity contribution is -0.142. The molecule has 0 atom stereocenters. The molecule has 1 N–H and O–H groups in total. The number of rotatable bonds is 4. The Bertz CT molecular complexity index is 138. The summed E-state index contributed by atoms with van der Waals surface area (Å²) in [5, 5.41) is 0. The Morgan fingerprint density at radius 2 is 2.08 bits per heavy atom. The second-order valence-corrected chi connectivity index (χ2v) is 3.67. The molecule has 0 heterocycles. The Morgan fingerprint density at radius 1 is 1.50 bits per heavy atom. The third-order valence-corrected chi connectivity index (χ3v) is 1.08. The van der Waals surface area contributed by atoms with E-state index >= 15 is 0 Å². The Morgan fingerprint density at radius 3 is 2.50 bits per heavy atom. The molecule has 71 valence electrons. The Hall–Kier alpha value is -0.570. The second-order valence-electron chi connectivity index (χ2n) is 3.67. The van der Waals surface area contributed by atoms with E-state index in [1.165, 1.54) is 0 Å². The van der Waals surface area contributed by atoms with Gasteiger partial charge in [-0.3, -0.25) is 9.63 Å². The first-order valence-electron chi connectivity index (χ1n) is 4.27. The van der Waals surface area contributed by atoms with Gasteiger partial charge in [0.1, 0.15) is 0 Å². The van der Waals surface area contributed by atoms with Gasteiger partial charge in [-0.2, -0.15) is 0 Å². The normalized spacial score (nSPS) is 11.3. The van der Waals surface area contributed by atoms with Gasteiger partial charge in [0, 0.05) is 0 Å². The van der Waals surface area contributed by atoms with Crippen LogP contribution in [0.15, 0.2) is 0 Å². The second kappa shape index (κ2) is 5.14. The van der Waals surface area contributed by atoms with Crippen LogP contribution in [-0.4, -0.2) is 11.5 Å². The third-order valence-electron chi connectivity index (χ3n) is 1.08. The smallest absolute Gasteiger partial charge is 0.247 e. The molecule has 0 aliphatic carbocycles. The maximum Gasteiger partial charge on any atom is 0.247 e. The summed E-state index contributed by atoms with van der Waals surface area (Å²) >= 11 is 0. The maximum atomic E-state index is 11.0. The van der Waals surface area contributed by atoms with Crippen molar-refractivity contribution in [1.29, 1.82) is 0 Å². The number of hydroxylamine groups is 1. The van der Waals surface area contributed by atoms with E-state index < -0.39 is 0 Å². The predicted molar refractivity (Wildman–Crippen MR) is 48.2 cm³/mol. The van der Waals surface area contributed by atoms with Crippen molar-refractivity contribution < 1.29 is 9.63 Å². The molecular formula is C9H18NO2. The van der Waals surface area contributed by atoms with Gasteiger partial charge < -0.3 is 0 Å². The van der Waals surface area contributed by atoms with Crippen molar-refractivity contribution in [3.8, 4) is 0 Å². The molecule has 0 spiro atoms. The molecule has 0 bridgehead atoms. The van der Waals surface area contributed by atoms with E-state index in [1.54, 1.807) is 6.42 Å². The Kier molecular flexibility index (Phi) is 4.90. The number of carbonyl (C=O) groups is 1. The average Bonchev–Trinajstić information content (AvgIpc) is 1.95. The molecule has 0 saturated heterocycles. The molecule has 1 radical (unpaired) electrons. The molecule has 0 aromatic rings. The Balaban J connectivity index is 3.44. The molecule has 0 aliphatic heterocycles. The van der Waals surface area contributed by atoms with Crippen molar-refractivity contribution >= 4 is 5.91 Å². The molecule has 1 amide bonds. The van der Waals surface area contributed by atoms with Crippen molar-refractivity contribution in [2.24, 2.45) is 0 Å². The fourth-order valence-corrected chi connectivity index (χ4v) is 0.520. The zero-order chi connectivity index (χ0) is 9.61. The highest BCUT2D eigenvalue weighted by molar-refractivity contribution is 5.83. The van der Waals surface area contributed by atoms with Crippen LogP contribution in [0.2, 0.25) is 0 Å². The van der Waals surface area contributed by atoms with Crippen LogP contribution in [0.25, 0.3) is 0 Å². The van der Waals surface area contributed by atoms with E-state index in [1.807, 2.05) is 27.7 Å². The number of hydrogen-bond donors (Lipinski definition) is 1. The number of hydrogen-bond acceptors (Lipinski definition) is 2. The summed E-state index contributed by atoms with van der Waals surface area (Å²) in [7, 11) is 0. The standard InChI is InChI=1S/C9H18NO2/c1-5-6-7-8(11)10-12-9(2,3)4/h7H,5-6H2,1-4H3,(H,10,11). The molecule has 3 nitrogen and oxygen atoms in total. The lowest BCUT2D eigenvalue weighted by Crippen LogP contribution is -2.33. The number of nitrogens with one attached hydrogen (secondary N) is 1. The molecule has 0 saturated carbocycles. The molecule has 0 rings (SSSR count). The van der Waals surface area contributed by atoms with Crippen LogP contribution in [0.5, 0.6) is 0 Å². The molecule has 12 heavy (non-hydrogen) atoms. The number of unbranched alkanes of at least 4 members (excludes halogenated alkanes) is 1. The molecule has 0 aromatic heterocycles. The molecule has 0 aliphatic rings. The molecular weight excluding hydrogens is 154 g/mol. The van der Waals surface area contributed by atoms with Crippen LogP contribution in [0.4, 0.5) is 0 Å². The molecule has 3 heteroatoms. The average molecular weight is 172 g/mol. The first-order valence-corrected chi connectivity index (χ1v) is 4.27. The van der Waals surface area contributed by atoms with Crippen molar-refractivity contribution in [2.45, 2.75) is 46.1 Å². The minimum atomic E-state index is -0.324. The van der Waals surface area contributed by atoms with Gasteiger partial charge in [0.05, 0.1) is 12.0 Å². The lowest BCUT2D eigenvalue weighted by atomic mass is 10.2. The van der Waals surface area contributed by atoms with Gasteiger partial charge in [-0.05, 0) is 27.2 Å². The highest BCUT2D eigenvalue weighted by Crippen LogP contribution is 2.03. The van der Waals surface area contributed by atoms with E-state index in [0.29, 0.717) is 0 Å². The Labute approximate surface area is 74.4 Å². The van der Waals surface area contributed by atoms with Crippen LogP contribution in [-0.2, 0) is 9.63 Å². The summed E-state index contributed by atoms with van der Waals surface area (Å²) < 4.78 is 0. The molecule has 0 aromatic carbocycles. The van der Waals surface area contributed by atoms with Gasteiger partial charge in [0.15, 0.2) is 0 Å². The molecule has 0 fully saturated rings. The summed E-state index contributed by atoms with van der Waals surface area (Å²) in [5.74, 6) is -0.160. The zero-order valence-corrected chi connectivity index (χ0v) is 8.31. The zero-order valence-electron chi connectivity index (χ0n) is 8.31. The van der Waals surface area contributed by atoms with E-state index in [9.17, 15) is 4.79 Å². The minimum Gasteiger partial charge on any atom is -0.272 e. The van der Waals surface area contributed by atoms with E-state index in [0.717, 1.165) is 12.8 Å². The fraction of sp³-hybridized carbons (Fsp3) is 0.778. The van der Waals surface area contributed by atoms with Crippen molar-refractivity contribution in [1.82, 2.24) is 5.48 Å². The number of amides is 1. The van der Waals surface area contributed by atoms with Crippen molar-refractivity contribution in [3.63, 3.8) is 0 Å². The van der Waals surface area contributed by atoms with Crippen molar-refractivity contribution in [2.75, 3.05) is 0 Å². The third kappa shape index (κ3) is 7.54. The number of carbonyl (C=O) groups excluding carboxylic acids is 1. The van der Waals surface area contributed by atoms with Gasteiger partial charge in [-0.15, -0.1) is 0 Å². The fourth-order valence-electron chi connectivity index (χ4n) is 0.520.